The molecule has 2 aliphatic rings. The van der Waals surface area contributed by atoms with Gasteiger partial charge in [-0.15, -0.1) is 0 Å². The van der Waals surface area contributed by atoms with Crippen molar-refractivity contribution in [3.8, 4) is 0 Å². The van der Waals surface area contributed by atoms with Gasteiger partial charge >= 0.3 is 0 Å². The lowest BCUT2D eigenvalue weighted by molar-refractivity contribution is -0.112. The van der Waals surface area contributed by atoms with Crippen LogP contribution in [0, 0.1) is 0 Å². The molecule has 1 aromatic heterocycles. The van der Waals surface area contributed by atoms with Crippen LogP contribution in [0.1, 0.15) is 22.5 Å². The van der Waals surface area contributed by atoms with Crippen LogP contribution in [0.15, 0.2) is 48.9 Å². The first-order valence-electron chi connectivity index (χ1n) is 9.33. The Labute approximate surface area is 158 Å². The Morgan fingerprint density at radius 2 is 1.93 bits per heavy atom. The fraction of sp³-hybridized carbons (Fsp3) is 0.450. The second-order valence-electron chi connectivity index (χ2n) is 7.05. The number of amides is 1. The molecule has 4 rings (SSSR count). The zero-order chi connectivity index (χ0) is 18.7. The highest BCUT2D eigenvalue weighted by Crippen LogP contribution is 2.36. The van der Waals surface area contributed by atoms with E-state index in [1.807, 2.05) is 30.3 Å². The lowest BCUT2D eigenvalue weighted by Gasteiger charge is -2.50. The van der Waals surface area contributed by atoms with E-state index in [2.05, 4.69) is 14.9 Å². The number of morpholine rings is 1. The Kier molecular flexibility index (Phi) is 5.15. The zero-order valence-electron chi connectivity index (χ0n) is 15.2. The van der Waals surface area contributed by atoms with E-state index in [1.165, 1.54) is 12.4 Å². The van der Waals surface area contributed by atoms with Crippen LogP contribution in [0.25, 0.3) is 0 Å². The van der Waals surface area contributed by atoms with Crippen molar-refractivity contribution in [3.05, 3.63) is 60.2 Å². The number of hydrogen-bond donors (Lipinski definition) is 1. The van der Waals surface area contributed by atoms with E-state index in [4.69, 9.17) is 4.74 Å². The van der Waals surface area contributed by atoms with Crippen molar-refractivity contribution in [2.75, 3.05) is 39.4 Å². The highest BCUT2D eigenvalue weighted by atomic mass is 16.5. The van der Waals surface area contributed by atoms with Gasteiger partial charge in [0.15, 0.2) is 0 Å². The molecule has 0 aliphatic carbocycles. The van der Waals surface area contributed by atoms with Crippen molar-refractivity contribution in [2.45, 2.75) is 18.1 Å². The Morgan fingerprint density at radius 1 is 1.15 bits per heavy atom. The first kappa shape index (κ1) is 18.0. The summed E-state index contributed by atoms with van der Waals surface area (Å²) in [5.74, 6) is -0.142. The fourth-order valence-corrected chi connectivity index (χ4v) is 4.05. The molecule has 2 fully saturated rings. The van der Waals surface area contributed by atoms with Gasteiger partial charge < -0.3 is 14.7 Å². The molecule has 0 bridgehead atoms. The molecule has 1 aromatic carbocycles. The Hall–Kier alpha value is -2.35. The van der Waals surface area contributed by atoms with Crippen molar-refractivity contribution in [1.29, 1.82) is 0 Å². The average molecular weight is 368 g/mol. The molecule has 2 aliphatic heterocycles. The van der Waals surface area contributed by atoms with Gasteiger partial charge in [0.05, 0.1) is 25.5 Å². The minimum absolute atomic E-state index is 0.142. The molecule has 142 valence electrons. The van der Waals surface area contributed by atoms with Crippen LogP contribution >= 0.6 is 0 Å². The molecule has 2 atom stereocenters. The minimum Gasteiger partial charge on any atom is -0.383 e. The van der Waals surface area contributed by atoms with Crippen LogP contribution in [-0.2, 0) is 10.3 Å². The molecular formula is C20H24N4O3. The molecule has 0 radical (unpaired) electrons. The maximum absolute atomic E-state index is 12.9. The molecule has 2 aromatic rings. The summed E-state index contributed by atoms with van der Waals surface area (Å²) in [6.07, 6.45) is 5.05. The van der Waals surface area contributed by atoms with Gasteiger partial charge in [0.1, 0.15) is 11.3 Å². The van der Waals surface area contributed by atoms with E-state index in [9.17, 15) is 9.90 Å². The van der Waals surface area contributed by atoms with Crippen LogP contribution in [0.2, 0.25) is 0 Å². The van der Waals surface area contributed by atoms with Crippen molar-refractivity contribution in [3.63, 3.8) is 0 Å². The summed E-state index contributed by atoms with van der Waals surface area (Å²) in [6, 6.07) is 9.57. The highest BCUT2D eigenvalue weighted by Gasteiger charge is 2.47. The smallest absolute Gasteiger partial charge is 0.274 e. The predicted octanol–water partition coefficient (Wildman–Crippen LogP) is 0.911. The number of ether oxygens (including phenoxy) is 1. The van der Waals surface area contributed by atoms with Crippen molar-refractivity contribution >= 4 is 5.91 Å². The zero-order valence-corrected chi connectivity index (χ0v) is 15.2. The van der Waals surface area contributed by atoms with Crippen LogP contribution in [0.3, 0.4) is 0 Å². The molecule has 0 saturated carbocycles. The molecule has 1 amide bonds. The predicted molar refractivity (Wildman–Crippen MR) is 99.1 cm³/mol. The maximum Gasteiger partial charge on any atom is 0.274 e. The lowest BCUT2D eigenvalue weighted by Crippen LogP contribution is -2.63. The number of carbonyl (C=O) groups is 1. The standard InChI is InChI=1S/C20H24N4O3/c25-19(17-14-21-7-8-22-17)24-9-6-20(26,16-4-2-1-3-5-16)18(15-24)23-10-12-27-13-11-23/h1-5,7-8,14,18,26H,6,9-13,15H2/t18-,20+/m1/s1. The summed E-state index contributed by atoms with van der Waals surface area (Å²) in [5, 5.41) is 11.7. The van der Waals surface area contributed by atoms with Gasteiger partial charge in [-0.2, -0.15) is 0 Å². The SMILES string of the molecule is O=C(c1cnccn1)N1CC[C@](O)(c2ccccc2)[C@H](N2CCOCC2)C1. The largest absolute Gasteiger partial charge is 0.383 e. The maximum atomic E-state index is 12.9. The van der Waals surface area contributed by atoms with Gasteiger partial charge in [0.2, 0.25) is 0 Å². The van der Waals surface area contributed by atoms with E-state index in [0.29, 0.717) is 38.4 Å². The number of nitrogens with zero attached hydrogens (tertiary/aromatic N) is 4. The number of hydrogen-bond acceptors (Lipinski definition) is 6. The van der Waals surface area contributed by atoms with E-state index in [-0.39, 0.29) is 11.9 Å². The number of carbonyl (C=O) groups excluding carboxylic acids is 1. The molecule has 7 heteroatoms. The van der Waals surface area contributed by atoms with Crippen molar-refractivity contribution < 1.29 is 14.6 Å². The van der Waals surface area contributed by atoms with Gasteiger partial charge in [0.25, 0.3) is 5.91 Å². The second kappa shape index (κ2) is 7.72. The summed E-state index contributed by atoms with van der Waals surface area (Å²) in [6.45, 7) is 3.68. The molecule has 0 spiro atoms. The summed E-state index contributed by atoms with van der Waals surface area (Å²) in [7, 11) is 0. The molecule has 1 N–H and O–H groups in total. The normalized spacial score (nSPS) is 26.7. The number of aliphatic hydroxyl groups is 1. The Morgan fingerprint density at radius 3 is 2.63 bits per heavy atom. The molecule has 0 unspecified atom stereocenters. The third-order valence-electron chi connectivity index (χ3n) is 5.54. The van der Waals surface area contributed by atoms with E-state index in [1.54, 1.807) is 11.1 Å². The Balaban J connectivity index is 1.62. The van der Waals surface area contributed by atoms with Crippen molar-refractivity contribution in [2.24, 2.45) is 0 Å². The van der Waals surface area contributed by atoms with E-state index >= 15 is 0 Å². The Bertz CT molecular complexity index is 767. The van der Waals surface area contributed by atoms with E-state index in [0.717, 1.165) is 18.7 Å². The molecule has 7 nitrogen and oxygen atoms in total. The molecule has 3 heterocycles. The fourth-order valence-electron chi connectivity index (χ4n) is 4.05. The summed E-state index contributed by atoms with van der Waals surface area (Å²) < 4.78 is 5.49. The molecular weight excluding hydrogens is 344 g/mol. The van der Waals surface area contributed by atoms with Crippen LogP contribution < -0.4 is 0 Å². The van der Waals surface area contributed by atoms with Gasteiger partial charge in [-0.1, -0.05) is 30.3 Å². The van der Waals surface area contributed by atoms with Crippen LogP contribution in [-0.4, -0.2) is 76.2 Å². The molecule has 27 heavy (non-hydrogen) atoms. The number of likely N-dealkylation sites (tertiary alicyclic amines) is 1. The van der Waals surface area contributed by atoms with Crippen LogP contribution in [0.4, 0.5) is 0 Å². The monoisotopic (exact) mass is 368 g/mol. The summed E-state index contributed by atoms with van der Waals surface area (Å²) >= 11 is 0. The number of piperidine rings is 1. The second-order valence-corrected chi connectivity index (χ2v) is 7.05. The van der Waals surface area contributed by atoms with Gasteiger partial charge in [-0.05, 0) is 12.0 Å². The topological polar surface area (TPSA) is 78.8 Å². The minimum atomic E-state index is -1.00. The quantitative estimate of drug-likeness (QED) is 0.868. The van der Waals surface area contributed by atoms with Gasteiger partial charge in [-0.25, -0.2) is 4.98 Å². The van der Waals surface area contributed by atoms with Crippen molar-refractivity contribution in [1.82, 2.24) is 19.8 Å². The first-order valence-corrected chi connectivity index (χ1v) is 9.33. The highest BCUT2D eigenvalue weighted by molar-refractivity contribution is 5.92. The number of rotatable bonds is 3. The third kappa shape index (κ3) is 3.58. The molecule has 2 saturated heterocycles. The van der Waals surface area contributed by atoms with E-state index < -0.39 is 5.60 Å². The van der Waals surface area contributed by atoms with Gasteiger partial charge in [0, 0.05) is 38.6 Å². The first-order chi connectivity index (χ1) is 13.2. The van der Waals surface area contributed by atoms with Crippen LogP contribution in [0.5, 0.6) is 0 Å². The number of aromatic nitrogens is 2. The summed E-state index contributed by atoms with van der Waals surface area (Å²) in [5.41, 5.74) is 0.231. The average Bonchev–Trinajstić information content (AvgIpc) is 2.75. The summed E-state index contributed by atoms with van der Waals surface area (Å²) in [4.78, 5) is 25.0. The third-order valence-corrected chi connectivity index (χ3v) is 5.54. The number of benzene rings is 1. The van der Waals surface area contributed by atoms with Gasteiger partial charge in [-0.3, -0.25) is 14.7 Å². The lowest BCUT2D eigenvalue weighted by atomic mass is 9.79.